The van der Waals surface area contributed by atoms with Gasteiger partial charge in [-0.15, -0.1) is 0 Å². The Labute approximate surface area is 127 Å². The maximum atomic E-state index is 10.4. The van der Waals surface area contributed by atoms with E-state index in [0.29, 0.717) is 18.1 Å². The lowest BCUT2D eigenvalue weighted by Crippen LogP contribution is -2.34. The second-order valence-corrected chi connectivity index (χ2v) is 6.42. The highest BCUT2D eigenvalue weighted by atomic mass is 16.5. The number of nitrogens with zero attached hydrogens (tertiary/aromatic N) is 1. The Morgan fingerprint density at radius 2 is 2.00 bits per heavy atom. The van der Waals surface area contributed by atoms with E-state index >= 15 is 0 Å². The lowest BCUT2D eigenvalue weighted by atomic mass is 9.95. The van der Waals surface area contributed by atoms with Crippen LogP contribution in [0.15, 0.2) is 18.2 Å². The zero-order valence-corrected chi connectivity index (χ0v) is 13.1. The van der Waals surface area contributed by atoms with E-state index in [1.54, 1.807) is 0 Å². The Morgan fingerprint density at radius 3 is 2.76 bits per heavy atom. The first-order valence-electron chi connectivity index (χ1n) is 8.47. The molecule has 1 unspecified atom stereocenters. The van der Waals surface area contributed by atoms with Gasteiger partial charge in [0.15, 0.2) is 11.5 Å². The van der Waals surface area contributed by atoms with Crippen molar-refractivity contribution in [1.82, 2.24) is 4.90 Å². The minimum Gasteiger partial charge on any atom is -0.504 e. The highest BCUT2D eigenvalue weighted by Gasteiger charge is 2.33. The number of benzene rings is 1. The van der Waals surface area contributed by atoms with Crippen molar-refractivity contribution in [2.75, 3.05) is 13.2 Å². The molecule has 1 aromatic carbocycles. The smallest absolute Gasteiger partial charge is 0.162 e. The van der Waals surface area contributed by atoms with Crippen molar-refractivity contribution < 1.29 is 9.84 Å². The molecule has 3 nitrogen and oxygen atoms in total. The first-order chi connectivity index (χ1) is 10.3. The van der Waals surface area contributed by atoms with Crippen LogP contribution >= 0.6 is 0 Å². The number of para-hydroxylation sites is 1. The second-order valence-electron chi connectivity index (χ2n) is 6.42. The van der Waals surface area contributed by atoms with Crippen LogP contribution in [0.2, 0.25) is 0 Å². The van der Waals surface area contributed by atoms with Crippen LogP contribution in [0.25, 0.3) is 0 Å². The maximum absolute atomic E-state index is 10.4. The van der Waals surface area contributed by atoms with Crippen molar-refractivity contribution in [2.24, 2.45) is 5.92 Å². The molecule has 1 atom stereocenters. The van der Waals surface area contributed by atoms with Gasteiger partial charge in [-0.05, 0) is 51.1 Å². The highest BCUT2D eigenvalue weighted by Crippen LogP contribution is 2.38. The van der Waals surface area contributed by atoms with E-state index < -0.39 is 0 Å². The van der Waals surface area contributed by atoms with E-state index in [1.807, 2.05) is 25.1 Å². The Hall–Kier alpha value is -1.22. The normalized spacial score (nSPS) is 23.8. The van der Waals surface area contributed by atoms with Crippen molar-refractivity contribution in [1.29, 1.82) is 0 Å². The summed E-state index contributed by atoms with van der Waals surface area (Å²) in [5.41, 5.74) is 1.01. The summed E-state index contributed by atoms with van der Waals surface area (Å²) in [7, 11) is 0. The molecule has 116 valence electrons. The van der Waals surface area contributed by atoms with Gasteiger partial charge in [-0.2, -0.15) is 0 Å². The lowest BCUT2D eigenvalue weighted by Gasteiger charge is -2.29. The molecule has 3 heteroatoms. The molecule has 0 bridgehead atoms. The Bertz CT molecular complexity index is 468. The molecule has 1 N–H and O–H groups in total. The fraction of sp³-hybridized carbons (Fsp3) is 0.667. The molecule has 1 saturated heterocycles. The zero-order chi connectivity index (χ0) is 14.7. The summed E-state index contributed by atoms with van der Waals surface area (Å²) in [6.45, 7) is 4.56. The monoisotopic (exact) mass is 289 g/mol. The van der Waals surface area contributed by atoms with Crippen LogP contribution in [0.3, 0.4) is 0 Å². The third kappa shape index (κ3) is 3.18. The van der Waals surface area contributed by atoms with Gasteiger partial charge in [0.2, 0.25) is 0 Å². The molecule has 0 aromatic heterocycles. The molecule has 1 aromatic rings. The van der Waals surface area contributed by atoms with Gasteiger partial charge < -0.3 is 9.84 Å². The van der Waals surface area contributed by atoms with E-state index in [9.17, 15) is 5.11 Å². The first kappa shape index (κ1) is 14.7. The van der Waals surface area contributed by atoms with E-state index in [4.69, 9.17) is 4.74 Å². The van der Waals surface area contributed by atoms with Crippen LogP contribution in [0.5, 0.6) is 11.5 Å². The first-order valence-corrected chi connectivity index (χ1v) is 8.47. The molecule has 1 aliphatic heterocycles. The second kappa shape index (κ2) is 6.69. The Balaban J connectivity index is 1.71. The fourth-order valence-corrected chi connectivity index (χ4v) is 4.11. The number of aromatic hydroxyl groups is 1. The van der Waals surface area contributed by atoms with Crippen LogP contribution in [-0.4, -0.2) is 29.2 Å². The highest BCUT2D eigenvalue weighted by molar-refractivity contribution is 5.45. The third-order valence-electron chi connectivity index (χ3n) is 5.11. The van der Waals surface area contributed by atoms with Gasteiger partial charge in [-0.25, -0.2) is 0 Å². The number of phenols is 1. The minimum absolute atomic E-state index is 0.330. The van der Waals surface area contributed by atoms with Gasteiger partial charge in [0, 0.05) is 18.2 Å². The van der Waals surface area contributed by atoms with Gasteiger partial charge in [0.25, 0.3) is 0 Å². The average Bonchev–Trinajstić information content (AvgIpc) is 3.14. The number of hydrogen-bond donors (Lipinski definition) is 1. The molecule has 2 aliphatic rings. The van der Waals surface area contributed by atoms with Crippen LogP contribution in [0, 0.1) is 5.92 Å². The molecule has 3 rings (SSSR count). The number of ether oxygens (including phenoxy) is 1. The summed E-state index contributed by atoms with van der Waals surface area (Å²) in [6.07, 6.45) is 8.22. The number of hydrogen-bond acceptors (Lipinski definition) is 3. The third-order valence-corrected chi connectivity index (χ3v) is 5.11. The summed E-state index contributed by atoms with van der Waals surface area (Å²) in [6, 6.07) is 6.59. The maximum Gasteiger partial charge on any atom is 0.162 e. The summed E-state index contributed by atoms with van der Waals surface area (Å²) < 4.78 is 5.50. The summed E-state index contributed by atoms with van der Waals surface area (Å²) in [4.78, 5) is 2.58. The molecule has 0 spiro atoms. The number of likely N-dealkylation sites (tertiary alicyclic amines) is 1. The predicted molar refractivity (Wildman–Crippen MR) is 84.7 cm³/mol. The standard InChI is InChI=1S/C18H27NO2/c1-2-21-17-11-5-9-15(18(17)20)13-19-12-6-10-16(19)14-7-3-4-8-14/h5,9,11,14,16,20H,2-4,6-8,10,12-13H2,1H3. The molecule has 1 aliphatic carbocycles. The topological polar surface area (TPSA) is 32.7 Å². The molecule has 21 heavy (non-hydrogen) atoms. The quantitative estimate of drug-likeness (QED) is 0.891. The Morgan fingerprint density at radius 1 is 1.19 bits per heavy atom. The van der Waals surface area contributed by atoms with E-state index in [1.165, 1.54) is 45.1 Å². The van der Waals surface area contributed by atoms with E-state index in [2.05, 4.69) is 4.90 Å². The molecular formula is C18H27NO2. The van der Waals surface area contributed by atoms with Crippen molar-refractivity contribution in [3.8, 4) is 11.5 Å². The molecule has 1 saturated carbocycles. The molecule has 2 fully saturated rings. The number of phenolic OH excluding ortho intramolecular Hbond substituents is 1. The lowest BCUT2D eigenvalue weighted by molar-refractivity contribution is 0.181. The van der Waals surface area contributed by atoms with Gasteiger partial charge in [-0.1, -0.05) is 25.0 Å². The summed E-state index contributed by atoms with van der Waals surface area (Å²) in [5, 5.41) is 10.4. The van der Waals surface area contributed by atoms with E-state index in [0.717, 1.165) is 24.1 Å². The van der Waals surface area contributed by atoms with Gasteiger partial charge in [0.1, 0.15) is 0 Å². The SMILES string of the molecule is CCOc1cccc(CN2CCCC2C2CCCC2)c1O. The van der Waals surface area contributed by atoms with Crippen molar-refractivity contribution in [3.63, 3.8) is 0 Å². The van der Waals surface area contributed by atoms with Crippen molar-refractivity contribution in [3.05, 3.63) is 23.8 Å². The summed E-state index contributed by atoms with van der Waals surface area (Å²) >= 11 is 0. The van der Waals surface area contributed by atoms with Crippen molar-refractivity contribution >= 4 is 0 Å². The minimum atomic E-state index is 0.330. The molecule has 0 amide bonds. The van der Waals surface area contributed by atoms with Crippen molar-refractivity contribution in [2.45, 2.75) is 58.0 Å². The largest absolute Gasteiger partial charge is 0.504 e. The predicted octanol–water partition coefficient (Wildman–Crippen LogP) is 3.95. The van der Waals surface area contributed by atoms with Crippen LogP contribution < -0.4 is 4.74 Å². The van der Waals surface area contributed by atoms with Gasteiger partial charge in [0.05, 0.1) is 6.61 Å². The van der Waals surface area contributed by atoms with Gasteiger partial charge >= 0.3 is 0 Å². The summed E-state index contributed by atoms with van der Waals surface area (Å²) in [5.74, 6) is 1.83. The molecular weight excluding hydrogens is 262 g/mol. The number of rotatable bonds is 5. The molecule has 0 radical (unpaired) electrons. The average molecular weight is 289 g/mol. The van der Waals surface area contributed by atoms with Crippen LogP contribution in [-0.2, 0) is 6.54 Å². The van der Waals surface area contributed by atoms with Crippen LogP contribution in [0.4, 0.5) is 0 Å². The van der Waals surface area contributed by atoms with E-state index in [-0.39, 0.29) is 0 Å². The fourth-order valence-electron chi connectivity index (χ4n) is 4.11. The van der Waals surface area contributed by atoms with Crippen LogP contribution in [0.1, 0.15) is 51.0 Å². The Kier molecular flexibility index (Phi) is 4.69. The molecule has 1 heterocycles. The van der Waals surface area contributed by atoms with Gasteiger partial charge in [-0.3, -0.25) is 4.90 Å². The zero-order valence-electron chi connectivity index (χ0n) is 13.1.